The highest BCUT2D eigenvalue weighted by Gasteiger charge is 2.20. The number of amides is 1. The van der Waals surface area contributed by atoms with Crippen LogP contribution in [0.5, 0.6) is 0 Å². The highest BCUT2D eigenvalue weighted by atomic mass is 16.3. The number of carbonyl (C=O) groups is 1. The van der Waals surface area contributed by atoms with Crippen LogP contribution in [0.1, 0.15) is 48.0 Å². The average Bonchev–Trinajstić information content (AvgIpc) is 2.57. The molecule has 2 aliphatic heterocycles. The summed E-state index contributed by atoms with van der Waals surface area (Å²) < 4.78 is 0. The molecule has 0 spiro atoms. The van der Waals surface area contributed by atoms with Crippen LogP contribution in [0.4, 0.5) is 0 Å². The van der Waals surface area contributed by atoms with Crippen LogP contribution < -0.4 is 0 Å². The lowest BCUT2D eigenvalue weighted by atomic mass is 10.0. The van der Waals surface area contributed by atoms with Gasteiger partial charge in [-0.3, -0.25) is 9.69 Å². The monoisotopic (exact) mass is 302 g/mol. The molecule has 22 heavy (non-hydrogen) atoms. The lowest BCUT2D eigenvalue weighted by Gasteiger charge is -2.30. The highest BCUT2D eigenvalue weighted by Crippen LogP contribution is 2.17. The zero-order valence-electron chi connectivity index (χ0n) is 13.2. The van der Waals surface area contributed by atoms with E-state index >= 15 is 0 Å². The molecule has 2 fully saturated rings. The molecule has 1 amide bonds. The maximum atomic E-state index is 12.6. The van der Waals surface area contributed by atoms with Crippen molar-refractivity contribution >= 4 is 5.91 Å². The Morgan fingerprint density at radius 2 is 1.82 bits per heavy atom. The fourth-order valence-corrected chi connectivity index (χ4v) is 3.42. The van der Waals surface area contributed by atoms with Gasteiger partial charge in [0, 0.05) is 38.3 Å². The summed E-state index contributed by atoms with van der Waals surface area (Å²) in [4.78, 5) is 16.9. The van der Waals surface area contributed by atoms with Gasteiger partial charge in [0.25, 0.3) is 5.91 Å². The molecule has 1 N–H and O–H groups in total. The molecule has 4 nitrogen and oxygen atoms in total. The molecule has 0 unspecified atom stereocenters. The number of hydrogen-bond acceptors (Lipinski definition) is 3. The van der Waals surface area contributed by atoms with Gasteiger partial charge in [0.2, 0.25) is 0 Å². The molecule has 1 aromatic carbocycles. The summed E-state index contributed by atoms with van der Waals surface area (Å²) in [6.07, 6.45) is 5.07. The average molecular weight is 302 g/mol. The van der Waals surface area contributed by atoms with E-state index in [0.717, 1.165) is 64.0 Å². The molecule has 0 aliphatic carbocycles. The van der Waals surface area contributed by atoms with E-state index in [1.165, 1.54) is 12.0 Å². The molecule has 120 valence electrons. The summed E-state index contributed by atoms with van der Waals surface area (Å²) in [6, 6.07) is 8.06. The first-order valence-corrected chi connectivity index (χ1v) is 8.51. The highest BCUT2D eigenvalue weighted by molar-refractivity contribution is 5.94. The van der Waals surface area contributed by atoms with Crippen LogP contribution >= 0.6 is 0 Å². The van der Waals surface area contributed by atoms with Gasteiger partial charge in [0.15, 0.2) is 0 Å². The third-order valence-corrected chi connectivity index (χ3v) is 4.78. The largest absolute Gasteiger partial charge is 0.393 e. The summed E-state index contributed by atoms with van der Waals surface area (Å²) in [5.41, 5.74) is 2.01. The smallest absolute Gasteiger partial charge is 0.253 e. The third-order valence-electron chi connectivity index (χ3n) is 4.78. The molecule has 3 rings (SSSR count). The van der Waals surface area contributed by atoms with Gasteiger partial charge in [-0.1, -0.05) is 12.1 Å². The Morgan fingerprint density at radius 1 is 1.09 bits per heavy atom. The van der Waals surface area contributed by atoms with Gasteiger partial charge in [-0.25, -0.2) is 0 Å². The Morgan fingerprint density at radius 3 is 2.55 bits per heavy atom. The van der Waals surface area contributed by atoms with E-state index in [0.29, 0.717) is 0 Å². The first-order valence-electron chi connectivity index (χ1n) is 8.51. The molecular weight excluding hydrogens is 276 g/mol. The summed E-state index contributed by atoms with van der Waals surface area (Å²) in [5, 5.41) is 9.58. The first-order chi connectivity index (χ1) is 10.7. The number of nitrogens with zero attached hydrogens (tertiary/aromatic N) is 2. The minimum Gasteiger partial charge on any atom is -0.393 e. The van der Waals surface area contributed by atoms with Crippen molar-refractivity contribution in [3.63, 3.8) is 0 Å². The fraction of sp³-hybridized carbons (Fsp3) is 0.611. The summed E-state index contributed by atoms with van der Waals surface area (Å²) in [6.45, 7) is 4.53. The summed E-state index contributed by atoms with van der Waals surface area (Å²) >= 11 is 0. The van der Waals surface area contributed by atoms with Crippen molar-refractivity contribution in [2.24, 2.45) is 0 Å². The lowest BCUT2D eigenvalue weighted by molar-refractivity contribution is 0.0724. The molecule has 0 atom stereocenters. The van der Waals surface area contributed by atoms with E-state index < -0.39 is 0 Å². The van der Waals surface area contributed by atoms with Gasteiger partial charge in [-0.15, -0.1) is 0 Å². The van der Waals surface area contributed by atoms with Crippen molar-refractivity contribution in [3.05, 3.63) is 35.4 Å². The topological polar surface area (TPSA) is 43.8 Å². The molecular formula is C18H26N2O2. The molecule has 4 heteroatoms. The van der Waals surface area contributed by atoms with E-state index in [1.807, 2.05) is 23.1 Å². The van der Waals surface area contributed by atoms with E-state index in [-0.39, 0.29) is 12.0 Å². The Bertz CT molecular complexity index is 504. The van der Waals surface area contributed by atoms with Gasteiger partial charge >= 0.3 is 0 Å². The van der Waals surface area contributed by atoms with E-state index in [1.54, 1.807) is 0 Å². The molecule has 2 saturated heterocycles. The van der Waals surface area contributed by atoms with Gasteiger partial charge in [-0.05, 0) is 49.8 Å². The van der Waals surface area contributed by atoms with Crippen LogP contribution in [0.3, 0.4) is 0 Å². The second-order valence-electron chi connectivity index (χ2n) is 6.56. The predicted octanol–water partition coefficient (Wildman–Crippen LogP) is 2.27. The van der Waals surface area contributed by atoms with Gasteiger partial charge in [0.05, 0.1) is 6.10 Å². The van der Waals surface area contributed by atoms with Crippen molar-refractivity contribution in [2.75, 3.05) is 26.2 Å². The number of benzene rings is 1. The Balaban J connectivity index is 1.63. The van der Waals surface area contributed by atoms with Crippen LogP contribution in [-0.4, -0.2) is 53.1 Å². The standard InChI is InChI=1S/C18H26N2O2/c21-17-7-11-19(12-8-17)14-15-5-4-6-16(13-15)18(22)20-9-2-1-3-10-20/h4-6,13,17,21H,1-3,7-12,14H2. The van der Waals surface area contributed by atoms with Crippen molar-refractivity contribution in [2.45, 2.75) is 44.8 Å². The number of piperidine rings is 2. The number of aliphatic hydroxyl groups excluding tert-OH is 1. The van der Waals surface area contributed by atoms with E-state index in [4.69, 9.17) is 0 Å². The van der Waals surface area contributed by atoms with Crippen molar-refractivity contribution < 1.29 is 9.90 Å². The first kappa shape index (κ1) is 15.5. The summed E-state index contributed by atoms with van der Waals surface area (Å²) in [5.74, 6) is 0.176. The number of carbonyl (C=O) groups excluding carboxylic acids is 1. The van der Waals surface area contributed by atoms with Crippen LogP contribution in [0, 0.1) is 0 Å². The molecule has 0 bridgehead atoms. The fourth-order valence-electron chi connectivity index (χ4n) is 3.42. The van der Waals surface area contributed by atoms with Crippen LogP contribution in [0.25, 0.3) is 0 Å². The van der Waals surface area contributed by atoms with Gasteiger partial charge in [0.1, 0.15) is 0 Å². The normalized spacial score (nSPS) is 21.0. The molecule has 1 aromatic rings. The Kier molecular flexibility index (Phi) is 5.11. The molecule has 0 saturated carbocycles. The second kappa shape index (κ2) is 7.25. The number of rotatable bonds is 3. The summed E-state index contributed by atoms with van der Waals surface area (Å²) in [7, 11) is 0. The molecule has 2 heterocycles. The SMILES string of the molecule is O=C(c1cccc(CN2CCC(O)CC2)c1)N1CCCCC1. The van der Waals surface area contributed by atoms with Crippen molar-refractivity contribution in [3.8, 4) is 0 Å². The maximum absolute atomic E-state index is 12.6. The zero-order valence-corrected chi connectivity index (χ0v) is 13.2. The second-order valence-corrected chi connectivity index (χ2v) is 6.56. The van der Waals surface area contributed by atoms with E-state index in [2.05, 4.69) is 11.0 Å². The maximum Gasteiger partial charge on any atom is 0.253 e. The number of hydrogen-bond donors (Lipinski definition) is 1. The van der Waals surface area contributed by atoms with Crippen LogP contribution in [0.15, 0.2) is 24.3 Å². The third kappa shape index (κ3) is 3.87. The quantitative estimate of drug-likeness (QED) is 0.931. The van der Waals surface area contributed by atoms with Gasteiger partial charge < -0.3 is 10.0 Å². The molecule has 0 aromatic heterocycles. The Labute approximate surface area is 132 Å². The van der Waals surface area contributed by atoms with Gasteiger partial charge in [-0.2, -0.15) is 0 Å². The van der Waals surface area contributed by atoms with Crippen molar-refractivity contribution in [1.82, 2.24) is 9.80 Å². The zero-order chi connectivity index (χ0) is 15.4. The molecule has 0 radical (unpaired) electrons. The predicted molar refractivity (Wildman–Crippen MR) is 86.7 cm³/mol. The number of likely N-dealkylation sites (tertiary alicyclic amines) is 2. The minimum absolute atomic E-state index is 0.136. The van der Waals surface area contributed by atoms with E-state index in [9.17, 15) is 9.90 Å². The Hall–Kier alpha value is -1.39. The lowest BCUT2D eigenvalue weighted by Crippen LogP contribution is -2.36. The van der Waals surface area contributed by atoms with Crippen molar-refractivity contribution in [1.29, 1.82) is 0 Å². The minimum atomic E-state index is -0.136. The van der Waals surface area contributed by atoms with Crippen LogP contribution in [-0.2, 0) is 6.54 Å². The van der Waals surface area contributed by atoms with Crippen LogP contribution in [0.2, 0.25) is 0 Å². The number of aliphatic hydroxyl groups is 1. The molecule has 2 aliphatic rings.